The van der Waals surface area contributed by atoms with Gasteiger partial charge >= 0.3 is 0 Å². The van der Waals surface area contributed by atoms with Crippen molar-refractivity contribution in [1.29, 1.82) is 5.26 Å². The van der Waals surface area contributed by atoms with E-state index >= 15 is 0 Å². The number of carbonyl (C=O) groups is 2. The van der Waals surface area contributed by atoms with Crippen LogP contribution in [0.5, 0.6) is 0 Å². The summed E-state index contributed by atoms with van der Waals surface area (Å²) in [6.07, 6.45) is 1.47. The van der Waals surface area contributed by atoms with Gasteiger partial charge < -0.3 is 0 Å². The number of ketones is 1. The molecule has 2 aromatic carbocycles. The van der Waals surface area contributed by atoms with E-state index in [1.54, 1.807) is 48.5 Å². The second-order valence-corrected chi connectivity index (χ2v) is 4.56. The minimum absolute atomic E-state index is 0.105. The first-order valence-electron chi connectivity index (χ1n) is 6.26. The number of rotatable bonds is 5. The highest BCUT2D eigenvalue weighted by atomic mass is 16.1. The molecular weight excluding hydrogens is 250 g/mol. The van der Waals surface area contributed by atoms with Crippen LogP contribution < -0.4 is 0 Å². The van der Waals surface area contributed by atoms with E-state index in [0.29, 0.717) is 24.0 Å². The molecule has 0 aromatic heterocycles. The lowest BCUT2D eigenvalue weighted by atomic mass is 10.0. The number of carbonyl (C=O) groups excluding carboxylic acids is 2. The molecule has 2 rings (SSSR count). The van der Waals surface area contributed by atoms with Crippen LogP contribution in [-0.4, -0.2) is 12.1 Å². The molecule has 0 N–H and O–H groups in total. The Hall–Kier alpha value is -2.73. The number of Topliss-reactive ketones (excluding diaryl/α,β-unsaturated/α-hetero) is 1. The molecule has 2 aromatic rings. The molecule has 0 spiro atoms. The summed E-state index contributed by atoms with van der Waals surface area (Å²) in [5, 5.41) is 8.71. The van der Waals surface area contributed by atoms with E-state index < -0.39 is 0 Å². The van der Waals surface area contributed by atoms with Crippen molar-refractivity contribution < 1.29 is 9.59 Å². The highest BCUT2D eigenvalue weighted by molar-refractivity contribution is 5.83. The van der Waals surface area contributed by atoms with Gasteiger partial charge in [0, 0.05) is 18.4 Å². The normalized spacial score (nSPS) is 9.75. The maximum atomic E-state index is 12.0. The third kappa shape index (κ3) is 3.63. The molecule has 0 unspecified atom stereocenters. The topological polar surface area (TPSA) is 57.9 Å². The van der Waals surface area contributed by atoms with Crippen LogP contribution in [0.15, 0.2) is 48.5 Å². The van der Waals surface area contributed by atoms with Gasteiger partial charge in [-0.15, -0.1) is 0 Å². The molecule has 0 saturated heterocycles. The molecule has 0 atom stereocenters. The molecule has 0 aliphatic rings. The van der Waals surface area contributed by atoms with Crippen molar-refractivity contribution in [1.82, 2.24) is 0 Å². The van der Waals surface area contributed by atoms with Gasteiger partial charge in [0.25, 0.3) is 0 Å². The fraction of sp³-hybridized carbons (Fsp3) is 0.118. The predicted molar refractivity (Wildman–Crippen MR) is 75.4 cm³/mol. The van der Waals surface area contributed by atoms with E-state index in [1.165, 1.54) is 0 Å². The van der Waals surface area contributed by atoms with E-state index in [9.17, 15) is 9.59 Å². The Morgan fingerprint density at radius 2 is 1.45 bits per heavy atom. The lowest BCUT2D eigenvalue weighted by Gasteiger charge is -2.02. The average molecular weight is 263 g/mol. The molecule has 0 aliphatic heterocycles. The van der Waals surface area contributed by atoms with Gasteiger partial charge in [0.15, 0.2) is 0 Å². The number of nitrogens with zero attached hydrogens (tertiary/aromatic N) is 1. The lowest BCUT2D eigenvalue weighted by molar-refractivity contribution is -0.117. The zero-order chi connectivity index (χ0) is 14.4. The summed E-state index contributed by atoms with van der Waals surface area (Å²) in [5.74, 6) is 0.105. The van der Waals surface area contributed by atoms with Crippen LogP contribution in [0.1, 0.15) is 27.0 Å². The first-order chi connectivity index (χ1) is 9.71. The van der Waals surface area contributed by atoms with Gasteiger partial charge in [0.05, 0.1) is 11.6 Å². The maximum Gasteiger partial charge on any atom is 0.150 e. The molecule has 0 bridgehead atoms. The van der Waals surface area contributed by atoms with E-state index in [1.807, 2.05) is 6.07 Å². The molecule has 0 fully saturated rings. The number of hydrogen-bond donors (Lipinski definition) is 0. The first-order valence-corrected chi connectivity index (χ1v) is 6.26. The van der Waals surface area contributed by atoms with Crippen molar-refractivity contribution >= 4 is 12.1 Å². The molecule has 0 radical (unpaired) electrons. The third-order valence-corrected chi connectivity index (χ3v) is 3.00. The smallest absolute Gasteiger partial charge is 0.150 e. The van der Waals surface area contributed by atoms with Crippen molar-refractivity contribution in [2.45, 2.75) is 12.8 Å². The van der Waals surface area contributed by atoms with Crippen molar-refractivity contribution in [3.8, 4) is 6.07 Å². The summed E-state index contributed by atoms with van der Waals surface area (Å²) in [7, 11) is 0. The number of hydrogen-bond acceptors (Lipinski definition) is 3. The molecule has 20 heavy (non-hydrogen) atoms. The number of aldehydes is 1. The van der Waals surface area contributed by atoms with Gasteiger partial charge in [-0.3, -0.25) is 9.59 Å². The molecule has 0 aliphatic carbocycles. The van der Waals surface area contributed by atoms with Crippen LogP contribution in [0.2, 0.25) is 0 Å². The Morgan fingerprint density at radius 1 is 0.950 bits per heavy atom. The Bertz CT molecular complexity index is 649. The third-order valence-electron chi connectivity index (χ3n) is 3.00. The van der Waals surface area contributed by atoms with Crippen LogP contribution in [0, 0.1) is 11.3 Å². The number of benzene rings is 2. The molecule has 0 amide bonds. The van der Waals surface area contributed by atoms with Crippen molar-refractivity contribution in [2.75, 3.05) is 0 Å². The largest absolute Gasteiger partial charge is 0.299 e. The van der Waals surface area contributed by atoms with E-state index in [2.05, 4.69) is 0 Å². The summed E-state index contributed by atoms with van der Waals surface area (Å²) in [6.45, 7) is 0. The van der Waals surface area contributed by atoms with E-state index in [0.717, 1.165) is 17.4 Å². The van der Waals surface area contributed by atoms with Gasteiger partial charge in [0.1, 0.15) is 12.1 Å². The molecular formula is C17H13NO2. The SMILES string of the molecule is N#Cc1ccc(CC(=O)Cc2ccc(C=O)cc2)cc1. The summed E-state index contributed by atoms with van der Waals surface area (Å²) >= 11 is 0. The van der Waals surface area contributed by atoms with Crippen LogP contribution in [-0.2, 0) is 17.6 Å². The molecule has 0 saturated carbocycles. The first kappa shape index (κ1) is 13.7. The fourth-order valence-corrected chi connectivity index (χ4v) is 1.93. The lowest BCUT2D eigenvalue weighted by Crippen LogP contribution is -2.06. The molecule has 3 heteroatoms. The standard InChI is InChI=1S/C17H13NO2/c18-11-15-5-1-13(2-6-15)9-17(20)10-14-3-7-16(12-19)8-4-14/h1-8,12H,9-10H2. The Morgan fingerprint density at radius 3 is 1.90 bits per heavy atom. The van der Waals surface area contributed by atoms with Crippen LogP contribution in [0.25, 0.3) is 0 Å². The van der Waals surface area contributed by atoms with E-state index in [4.69, 9.17) is 5.26 Å². The molecule has 3 nitrogen and oxygen atoms in total. The molecule has 98 valence electrons. The van der Waals surface area contributed by atoms with Gasteiger partial charge in [0.2, 0.25) is 0 Å². The van der Waals surface area contributed by atoms with Gasteiger partial charge in [-0.25, -0.2) is 0 Å². The quantitative estimate of drug-likeness (QED) is 0.779. The van der Waals surface area contributed by atoms with Crippen LogP contribution in [0.4, 0.5) is 0 Å². The average Bonchev–Trinajstić information content (AvgIpc) is 2.49. The van der Waals surface area contributed by atoms with Crippen LogP contribution >= 0.6 is 0 Å². The summed E-state index contributed by atoms with van der Waals surface area (Å²) in [5.41, 5.74) is 2.99. The van der Waals surface area contributed by atoms with Crippen LogP contribution in [0.3, 0.4) is 0 Å². The Labute approximate surface area is 117 Å². The maximum absolute atomic E-state index is 12.0. The second kappa shape index (κ2) is 6.44. The summed E-state index contributed by atoms with van der Waals surface area (Å²) in [6, 6.07) is 16.1. The number of nitriles is 1. The van der Waals surface area contributed by atoms with Crippen molar-refractivity contribution in [3.05, 3.63) is 70.8 Å². The second-order valence-electron chi connectivity index (χ2n) is 4.56. The monoisotopic (exact) mass is 263 g/mol. The minimum Gasteiger partial charge on any atom is -0.299 e. The van der Waals surface area contributed by atoms with Crippen molar-refractivity contribution in [3.63, 3.8) is 0 Å². The van der Waals surface area contributed by atoms with Gasteiger partial charge in [-0.05, 0) is 23.3 Å². The highest BCUT2D eigenvalue weighted by Gasteiger charge is 2.05. The molecule has 0 heterocycles. The fourth-order valence-electron chi connectivity index (χ4n) is 1.93. The van der Waals surface area contributed by atoms with Gasteiger partial charge in [-0.1, -0.05) is 36.4 Å². The highest BCUT2D eigenvalue weighted by Crippen LogP contribution is 2.08. The zero-order valence-corrected chi connectivity index (χ0v) is 10.9. The summed E-state index contributed by atoms with van der Waals surface area (Å²) < 4.78 is 0. The Kier molecular flexibility index (Phi) is 4.41. The van der Waals surface area contributed by atoms with Gasteiger partial charge in [-0.2, -0.15) is 5.26 Å². The zero-order valence-electron chi connectivity index (χ0n) is 10.9. The van der Waals surface area contributed by atoms with E-state index in [-0.39, 0.29) is 5.78 Å². The summed E-state index contributed by atoms with van der Waals surface area (Å²) in [4.78, 5) is 22.5. The Balaban J connectivity index is 1.97. The van der Waals surface area contributed by atoms with Crippen molar-refractivity contribution in [2.24, 2.45) is 0 Å². The minimum atomic E-state index is 0.105. The predicted octanol–water partition coefficient (Wildman–Crippen LogP) is 2.73.